The van der Waals surface area contributed by atoms with Crippen molar-refractivity contribution >= 4 is 11.6 Å². The fourth-order valence-corrected chi connectivity index (χ4v) is 2.84. The number of benzene rings is 1. The van der Waals surface area contributed by atoms with Crippen molar-refractivity contribution in [1.82, 2.24) is 9.55 Å². The second-order valence-electron chi connectivity index (χ2n) is 6.84. The van der Waals surface area contributed by atoms with Gasteiger partial charge in [0, 0.05) is 24.8 Å². The van der Waals surface area contributed by atoms with Gasteiger partial charge in [-0.05, 0) is 43.9 Å². The number of amides is 1. The van der Waals surface area contributed by atoms with Crippen LogP contribution in [0.3, 0.4) is 0 Å². The molecule has 1 atom stereocenters. The number of nitrogens with one attached hydrogen (secondary N) is 1. The van der Waals surface area contributed by atoms with Crippen LogP contribution in [-0.2, 0) is 24.3 Å². The van der Waals surface area contributed by atoms with Crippen LogP contribution in [0, 0.1) is 5.92 Å². The molecule has 1 aliphatic heterocycles. The van der Waals surface area contributed by atoms with Crippen molar-refractivity contribution in [3.8, 4) is 0 Å². The summed E-state index contributed by atoms with van der Waals surface area (Å²) >= 11 is 0. The molecule has 0 saturated heterocycles. The second kappa shape index (κ2) is 7.18. The summed E-state index contributed by atoms with van der Waals surface area (Å²) in [4.78, 5) is 16.9. The number of aryl methyl sites for hydroxylation is 1. The normalized spacial score (nSPS) is 16.9. The quantitative estimate of drug-likeness (QED) is 0.912. The number of rotatable bonds is 5. The van der Waals surface area contributed by atoms with Gasteiger partial charge in [-0.3, -0.25) is 4.79 Å². The van der Waals surface area contributed by atoms with E-state index in [0.717, 1.165) is 36.5 Å². The summed E-state index contributed by atoms with van der Waals surface area (Å²) < 4.78 is 7.67. The first kappa shape index (κ1) is 16.7. The first-order valence-electron chi connectivity index (χ1n) is 8.59. The van der Waals surface area contributed by atoms with Crippen LogP contribution in [0.1, 0.15) is 49.1 Å². The summed E-state index contributed by atoms with van der Waals surface area (Å²) in [5, 5.41) is 2.92. The molecule has 0 saturated carbocycles. The second-order valence-corrected chi connectivity index (χ2v) is 6.84. The lowest BCUT2D eigenvalue weighted by molar-refractivity contribution is 0.0657. The third kappa shape index (κ3) is 4.03. The van der Waals surface area contributed by atoms with Gasteiger partial charge >= 0.3 is 0 Å². The first-order valence-corrected chi connectivity index (χ1v) is 8.59. The molecule has 2 heterocycles. The van der Waals surface area contributed by atoms with E-state index in [1.165, 1.54) is 0 Å². The molecule has 1 aromatic heterocycles. The van der Waals surface area contributed by atoms with Crippen LogP contribution in [0.15, 0.2) is 30.5 Å². The van der Waals surface area contributed by atoms with E-state index in [1.807, 2.05) is 44.3 Å². The van der Waals surface area contributed by atoms with E-state index >= 15 is 0 Å². The van der Waals surface area contributed by atoms with Crippen LogP contribution < -0.4 is 5.32 Å². The van der Waals surface area contributed by atoms with Crippen molar-refractivity contribution in [1.29, 1.82) is 0 Å². The molecule has 0 aliphatic carbocycles. The number of hydrogen-bond donors (Lipinski definition) is 1. The lowest BCUT2D eigenvalue weighted by Gasteiger charge is -2.18. The smallest absolute Gasteiger partial charge is 0.275 e. The number of aromatic nitrogens is 2. The average Bonchev–Trinajstić information content (AvgIpc) is 2.97. The van der Waals surface area contributed by atoms with E-state index in [-0.39, 0.29) is 12.0 Å². The molecule has 1 aromatic carbocycles. The van der Waals surface area contributed by atoms with E-state index < -0.39 is 0 Å². The van der Waals surface area contributed by atoms with Gasteiger partial charge in [-0.2, -0.15) is 0 Å². The number of carbonyl (C=O) groups excluding carboxylic acids is 1. The van der Waals surface area contributed by atoms with Gasteiger partial charge in [0.05, 0.1) is 12.7 Å². The summed E-state index contributed by atoms with van der Waals surface area (Å²) in [5.41, 5.74) is 2.35. The lowest BCUT2D eigenvalue weighted by atomic mass is 10.0. The predicted molar refractivity (Wildman–Crippen MR) is 94.0 cm³/mol. The van der Waals surface area contributed by atoms with E-state index in [2.05, 4.69) is 21.8 Å². The fourth-order valence-electron chi connectivity index (χ4n) is 2.84. The van der Waals surface area contributed by atoms with Gasteiger partial charge in [0.2, 0.25) is 0 Å². The molecule has 1 unspecified atom stereocenters. The van der Waals surface area contributed by atoms with E-state index in [1.54, 1.807) is 0 Å². The molecular formula is C19H25N3O2. The van der Waals surface area contributed by atoms with Gasteiger partial charge in [-0.15, -0.1) is 0 Å². The van der Waals surface area contributed by atoms with Gasteiger partial charge in [-0.25, -0.2) is 4.98 Å². The predicted octanol–water partition coefficient (Wildman–Crippen LogP) is 3.64. The molecule has 24 heavy (non-hydrogen) atoms. The maximum absolute atomic E-state index is 12.4. The average molecular weight is 327 g/mol. The van der Waals surface area contributed by atoms with Crippen LogP contribution in [0.25, 0.3) is 0 Å². The molecule has 0 radical (unpaired) electrons. The Kier molecular flexibility index (Phi) is 5.00. The van der Waals surface area contributed by atoms with Crippen molar-refractivity contribution in [3.63, 3.8) is 0 Å². The monoisotopic (exact) mass is 327 g/mol. The van der Waals surface area contributed by atoms with Gasteiger partial charge in [-0.1, -0.05) is 19.1 Å². The van der Waals surface area contributed by atoms with E-state index in [0.29, 0.717) is 18.2 Å². The molecular weight excluding hydrogens is 302 g/mol. The van der Waals surface area contributed by atoms with Crippen molar-refractivity contribution < 1.29 is 9.53 Å². The Hall–Kier alpha value is -2.14. The Balaban J connectivity index is 1.62. The zero-order valence-electron chi connectivity index (χ0n) is 14.6. The van der Waals surface area contributed by atoms with E-state index in [4.69, 9.17) is 4.74 Å². The number of hydrogen-bond acceptors (Lipinski definition) is 3. The summed E-state index contributed by atoms with van der Waals surface area (Å²) in [6, 6.07) is 7.74. The maximum atomic E-state index is 12.4. The Morgan fingerprint density at radius 3 is 2.83 bits per heavy atom. The highest BCUT2D eigenvalue weighted by molar-refractivity contribution is 6.02. The SMILES string of the molecule is CC1CCn2cc(C(=O)Nc3ccc(COC(C)C)cc3)nc2C1. The largest absolute Gasteiger partial charge is 0.374 e. The highest BCUT2D eigenvalue weighted by Gasteiger charge is 2.20. The van der Waals surface area contributed by atoms with Crippen LogP contribution in [-0.4, -0.2) is 21.6 Å². The highest BCUT2D eigenvalue weighted by Crippen LogP contribution is 2.20. The summed E-state index contributed by atoms with van der Waals surface area (Å²) in [5.74, 6) is 1.49. The molecule has 0 bridgehead atoms. The molecule has 2 aromatic rings. The lowest BCUT2D eigenvalue weighted by Crippen LogP contribution is -2.16. The van der Waals surface area contributed by atoms with Crippen LogP contribution in [0.4, 0.5) is 5.69 Å². The van der Waals surface area contributed by atoms with Crippen LogP contribution >= 0.6 is 0 Å². The summed E-state index contributed by atoms with van der Waals surface area (Å²) in [6.45, 7) is 7.78. The fraction of sp³-hybridized carbons (Fsp3) is 0.474. The molecule has 1 amide bonds. The number of ether oxygens (including phenoxy) is 1. The molecule has 128 valence electrons. The minimum Gasteiger partial charge on any atom is -0.374 e. The minimum absolute atomic E-state index is 0.157. The first-order chi connectivity index (χ1) is 11.5. The van der Waals surface area contributed by atoms with Crippen molar-refractivity contribution in [3.05, 3.63) is 47.5 Å². The Labute approximate surface area is 143 Å². The number of carbonyl (C=O) groups is 1. The third-order valence-electron chi connectivity index (χ3n) is 4.28. The van der Waals surface area contributed by atoms with Crippen LogP contribution in [0.5, 0.6) is 0 Å². The van der Waals surface area contributed by atoms with Gasteiger partial charge < -0.3 is 14.6 Å². The Bertz CT molecular complexity index is 704. The van der Waals surface area contributed by atoms with Gasteiger partial charge in [0.25, 0.3) is 5.91 Å². The molecule has 5 heteroatoms. The Morgan fingerprint density at radius 1 is 1.38 bits per heavy atom. The molecule has 1 N–H and O–H groups in total. The van der Waals surface area contributed by atoms with Crippen molar-refractivity contribution in [2.45, 2.75) is 52.9 Å². The van der Waals surface area contributed by atoms with Gasteiger partial charge in [0.1, 0.15) is 11.5 Å². The number of fused-ring (bicyclic) bond motifs is 1. The number of imidazole rings is 1. The zero-order chi connectivity index (χ0) is 17.1. The maximum Gasteiger partial charge on any atom is 0.275 e. The van der Waals surface area contributed by atoms with Crippen molar-refractivity contribution in [2.75, 3.05) is 5.32 Å². The van der Waals surface area contributed by atoms with Crippen molar-refractivity contribution in [2.24, 2.45) is 5.92 Å². The molecule has 1 aliphatic rings. The third-order valence-corrected chi connectivity index (χ3v) is 4.28. The molecule has 5 nitrogen and oxygen atoms in total. The Morgan fingerprint density at radius 2 is 2.12 bits per heavy atom. The number of anilines is 1. The highest BCUT2D eigenvalue weighted by atomic mass is 16.5. The van der Waals surface area contributed by atoms with E-state index in [9.17, 15) is 4.79 Å². The van der Waals surface area contributed by atoms with Gasteiger partial charge in [0.15, 0.2) is 0 Å². The zero-order valence-corrected chi connectivity index (χ0v) is 14.6. The molecule has 0 fully saturated rings. The topological polar surface area (TPSA) is 56.2 Å². The molecule has 0 spiro atoms. The summed E-state index contributed by atoms with van der Waals surface area (Å²) in [7, 11) is 0. The number of nitrogens with zero attached hydrogens (tertiary/aromatic N) is 2. The minimum atomic E-state index is -0.157. The molecule has 3 rings (SSSR count). The standard InChI is InChI=1S/C19H25N3O2/c1-13(2)24-12-15-4-6-16(7-5-15)20-19(23)17-11-22-9-8-14(3)10-18(22)21-17/h4-7,11,13-14H,8-10,12H2,1-3H3,(H,20,23). The van der Waals surface area contributed by atoms with Crippen LogP contribution in [0.2, 0.25) is 0 Å². The summed E-state index contributed by atoms with van der Waals surface area (Å²) in [6.07, 6.45) is 4.16.